The molecule has 0 unspecified atom stereocenters. The van der Waals surface area contributed by atoms with Gasteiger partial charge in [-0.05, 0) is 50.5 Å². The first-order chi connectivity index (χ1) is 14.3. The van der Waals surface area contributed by atoms with Crippen molar-refractivity contribution < 1.29 is 4.79 Å². The van der Waals surface area contributed by atoms with E-state index in [1.165, 1.54) is 0 Å². The van der Waals surface area contributed by atoms with Crippen molar-refractivity contribution in [1.29, 1.82) is 0 Å². The Kier molecular flexibility index (Phi) is 6.93. The lowest BCUT2D eigenvalue weighted by molar-refractivity contribution is -0.131. The van der Waals surface area contributed by atoms with E-state index in [1.54, 1.807) is 15.5 Å². The number of fused-ring (bicyclic) bond motifs is 1. The van der Waals surface area contributed by atoms with Gasteiger partial charge >= 0.3 is 0 Å². The van der Waals surface area contributed by atoms with Crippen LogP contribution in [0, 0.1) is 12.8 Å². The summed E-state index contributed by atoms with van der Waals surface area (Å²) in [5.74, 6) is 0.698. The van der Waals surface area contributed by atoms with E-state index >= 15 is 0 Å². The molecule has 1 amide bonds. The Bertz CT molecular complexity index is 1090. The third-order valence-electron chi connectivity index (χ3n) is 5.32. The number of alkyl halides is 1. The summed E-state index contributed by atoms with van der Waals surface area (Å²) in [6.45, 7) is 8.70. The van der Waals surface area contributed by atoms with Crippen molar-refractivity contribution in [3.8, 4) is 5.69 Å². The summed E-state index contributed by atoms with van der Waals surface area (Å²) in [7, 11) is 0. The van der Waals surface area contributed by atoms with E-state index in [0.717, 1.165) is 17.7 Å². The second-order valence-corrected chi connectivity index (χ2v) is 8.31. The minimum atomic E-state index is -0.409. The fourth-order valence-corrected chi connectivity index (χ4v) is 3.67. The number of hydrogen-bond donors (Lipinski definition) is 0. The molecule has 0 saturated heterocycles. The van der Waals surface area contributed by atoms with Gasteiger partial charge in [-0.1, -0.05) is 43.7 Å². The number of halogens is 1. The lowest BCUT2D eigenvalue weighted by atomic mass is 10.1. The van der Waals surface area contributed by atoms with Gasteiger partial charge in [-0.3, -0.25) is 14.2 Å². The number of benzene rings is 2. The van der Waals surface area contributed by atoms with Gasteiger partial charge in [-0.2, -0.15) is 0 Å². The Labute approximate surface area is 182 Å². The van der Waals surface area contributed by atoms with Crippen LogP contribution in [0.3, 0.4) is 0 Å². The van der Waals surface area contributed by atoms with Crippen LogP contribution < -0.4 is 5.56 Å². The number of amides is 1. The summed E-state index contributed by atoms with van der Waals surface area (Å²) < 4.78 is 1.62. The van der Waals surface area contributed by atoms with Crippen molar-refractivity contribution in [3.63, 3.8) is 0 Å². The van der Waals surface area contributed by atoms with E-state index in [4.69, 9.17) is 16.6 Å². The molecule has 0 N–H and O–H groups in total. The van der Waals surface area contributed by atoms with Crippen molar-refractivity contribution in [2.45, 2.75) is 40.2 Å². The maximum absolute atomic E-state index is 13.5. The molecule has 2 aromatic carbocycles. The van der Waals surface area contributed by atoms with E-state index in [2.05, 4.69) is 13.8 Å². The Morgan fingerprint density at radius 1 is 1.10 bits per heavy atom. The fraction of sp³-hybridized carbons (Fsp3) is 0.375. The molecule has 6 heteroatoms. The van der Waals surface area contributed by atoms with Crippen molar-refractivity contribution in [2.24, 2.45) is 5.92 Å². The van der Waals surface area contributed by atoms with Gasteiger partial charge in [0, 0.05) is 6.54 Å². The van der Waals surface area contributed by atoms with Crippen LogP contribution >= 0.6 is 11.6 Å². The second-order valence-electron chi connectivity index (χ2n) is 8.04. The molecule has 3 aromatic rings. The van der Waals surface area contributed by atoms with Gasteiger partial charge in [-0.25, -0.2) is 4.98 Å². The molecular weight excluding hydrogens is 398 g/mol. The molecule has 1 atom stereocenters. The Morgan fingerprint density at radius 3 is 2.40 bits per heavy atom. The highest BCUT2D eigenvalue weighted by atomic mass is 35.5. The number of carbonyl (C=O) groups excluding carboxylic acids is 1. The van der Waals surface area contributed by atoms with Crippen molar-refractivity contribution in [3.05, 3.63) is 70.3 Å². The molecule has 0 fully saturated rings. The molecule has 30 heavy (non-hydrogen) atoms. The van der Waals surface area contributed by atoms with Gasteiger partial charge in [0.1, 0.15) is 11.7 Å². The summed E-state index contributed by atoms with van der Waals surface area (Å²) in [5, 5.41) is 0.548. The van der Waals surface area contributed by atoms with E-state index in [-0.39, 0.29) is 17.3 Å². The van der Waals surface area contributed by atoms with E-state index in [1.807, 2.05) is 56.3 Å². The first-order valence-corrected chi connectivity index (χ1v) is 10.8. The average molecular weight is 426 g/mol. The Hall–Kier alpha value is -2.66. The van der Waals surface area contributed by atoms with Crippen LogP contribution in [0.4, 0.5) is 0 Å². The highest BCUT2D eigenvalue weighted by Gasteiger charge is 2.26. The van der Waals surface area contributed by atoms with Crippen LogP contribution in [-0.2, 0) is 4.79 Å². The number of nitrogens with zero attached hydrogens (tertiary/aromatic N) is 3. The Morgan fingerprint density at radius 2 is 1.77 bits per heavy atom. The van der Waals surface area contributed by atoms with Crippen LogP contribution in [0.2, 0.25) is 0 Å². The van der Waals surface area contributed by atoms with Crippen molar-refractivity contribution in [1.82, 2.24) is 14.5 Å². The van der Waals surface area contributed by atoms with Gasteiger partial charge in [0.15, 0.2) is 0 Å². The van der Waals surface area contributed by atoms with E-state index in [9.17, 15) is 9.59 Å². The molecule has 5 nitrogen and oxygen atoms in total. The van der Waals surface area contributed by atoms with Crippen molar-refractivity contribution in [2.75, 3.05) is 12.4 Å². The van der Waals surface area contributed by atoms with Gasteiger partial charge in [0.05, 0.1) is 22.6 Å². The molecule has 0 bridgehead atoms. The molecule has 1 heterocycles. The van der Waals surface area contributed by atoms with Gasteiger partial charge in [0.25, 0.3) is 5.56 Å². The van der Waals surface area contributed by atoms with Crippen LogP contribution in [0.25, 0.3) is 16.6 Å². The number of para-hydroxylation sites is 1. The molecule has 0 aliphatic carbocycles. The predicted octanol–water partition coefficient (Wildman–Crippen LogP) is 4.87. The smallest absolute Gasteiger partial charge is 0.266 e. The zero-order chi connectivity index (χ0) is 21.8. The highest BCUT2D eigenvalue weighted by Crippen LogP contribution is 2.24. The Balaban J connectivity index is 2.21. The van der Waals surface area contributed by atoms with Crippen molar-refractivity contribution >= 4 is 28.4 Å². The minimum absolute atomic E-state index is 0.106. The fourth-order valence-electron chi connectivity index (χ4n) is 3.52. The van der Waals surface area contributed by atoms with Gasteiger partial charge < -0.3 is 4.90 Å². The van der Waals surface area contributed by atoms with Crippen LogP contribution in [0.15, 0.2) is 53.3 Å². The third-order valence-corrected chi connectivity index (χ3v) is 5.55. The minimum Gasteiger partial charge on any atom is -0.332 e. The summed E-state index contributed by atoms with van der Waals surface area (Å²) in [4.78, 5) is 32.7. The van der Waals surface area contributed by atoms with E-state index in [0.29, 0.717) is 29.2 Å². The number of hydrogen-bond acceptors (Lipinski definition) is 3. The quantitative estimate of drug-likeness (QED) is 0.507. The number of aromatic nitrogens is 2. The third kappa shape index (κ3) is 4.57. The zero-order valence-corrected chi connectivity index (χ0v) is 18.7. The maximum atomic E-state index is 13.5. The van der Waals surface area contributed by atoms with Crippen LogP contribution in [-0.4, -0.2) is 32.8 Å². The number of carbonyl (C=O) groups is 1. The molecular formula is C24H28ClN3O2. The summed E-state index contributed by atoms with van der Waals surface area (Å²) >= 11 is 5.91. The summed E-state index contributed by atoms with van der Waals surface area (Å²) in [5.41, 5.74) is 2.31. The van der Waals surface area contributed by atoms with Gasteiger partial charge in [-0.15, -0.1) is 11.6 Å². The van der Waals surface area contributed by atoms with Gasteiger partial charge in [0.2, 0.25) is 5.91 Å². The largest absolute Gasteiger partial charge is 0.332 e. The maximum Gasteiger partial charge on any atom is 0.266 e. The summed E-state index contributed by atoms with van der Waals surface area (Å²) in [6.07, 6.45) is 0.843. The number of rotatable bonds is 7. The molecule has 3 rings (SSSR count). The van der Waals surface area contributed by atoms with E-state index < -0.39 is 6.04 Å². The first kappa shape index (κ1) is 22.0. The average Bonchev–Trinajstić information content (AvgIpc) is 2.74. The number of aryl methyl sites for hydroxylation is 1. The first-order valence-electron chi connectivity index (χ1n) is 10.3. The predicted molar refractivity (Wildman–Crippen MR) is 122 cm³/mol. The van der Waals surface area contributed by atoms with Crippen LogP contribution in [0.5, 0.6) is 0 Å². The molecule has 0 saturated carbocycles. The summed E-state index contributed by atoms with van der Waals surface area (Å²) in [6, 6.07) is 14.6. The normalized spacial score (nSPS) is 12.3. The topological polar surface area (TPSA) is 55.2 Å². The second kappa shape index (κ2) is 9.43. The standard InChI is InChI=1S/C24H28ClN3O2/c1-16(2)13-14-27(22(29)15-25)18(4)23-26-21-8-6-5-7-20(21)24(30)28(23)19-11-9-17(3)10-12-19/h5-12,16,18H,13-15H2,1-4H3/t18-/m0/s1. The molecule has 0 radical (unpaired) electrons. The molecule has 158 valence electrons. The lowest BCUT2D eigenvalue weighted by Gasteiger charge is -2.30. The highest BCUT2D eigenvalue weighted by molar-refractivity contribution is 6.27. The SMILES string of the molecule is Cc1ccc(-n2c([C@H](C)N(CCC(C)C)C(=O)CCl)nc3ccccc3c2=O)cc1. The zero-order valence-electron chi connectivity index (χ0n) is 17.9. The molecule has 0 aliphatic heterocycles. The molecule has 1 aromatic heterocycles. The van der Waals surface area contributed by atoms with Crippen LogP contribution in [0.1, 0.15) is 44.6 Å². The lowest BCUT2D eigenvalue weighted by Crippen LogP contribution is -2.39. The molecule has 0 spiro atoms. The molecule has 0 aliphatic rings. The monoisotopic (exact) mass is 425 g/mol.